The number of hydrogen-bond acceptors (Lipinski definition) is 3. The van der Waals surface area contributed by atoms with Crippen LogP contribution in [-0.2, 0) is 6.61 Å². The van der Waals surface area contributed by atoms with E-state index in [1.165, 1.54) is 0 Å². The number of anilines is 2. The summed E-state index contributed by atoms with van der Waals surface area (Å²) >= 11 is 12.4. The number of hydrogen-bond donors (Lipinski definition) is 2. The predicted octanol–water partition coefficient (Wildman–Crippen LogP) is 6.19. The van der Waals surface area contributed by atoms with Gasteiger partial charge in [0.2, 0.25) is 5.95 Å². The lowest BCUT2D eigenvalue weighted by Crippen LogP contribution is -1.95. The zero-order chi connectivity index (χ0) is 17.9. The molecule has 0 saturated heterocycles. The zero-order valence-corrected chi connectivity index (χ0v) is 15.2. The SMILES string of the molecule is Clc1cccc(Cl)c1Nc1nc2ccc(COc3ccccc3)cc2[nH]1. The number of ether oxygens (including phenoxy) is 1. The van der Waals surface area contributed by atoms with Gasteiger partial charge in [0.05, 0.1) is 26.8 Å². The standard InChI is InChI=1S/C20H15Cl2N3O/c21-15-7-4-8-16(22)19(15)25-20-23-17-10-9-13(11-18(17)24-20)12-26-14-5-2-1-3-6-14/h1-11H,12H2,(H2,23,24,25). The van der Waals surface area contributed by atoms with Gasteiger partial charge < -0.3 is 15.0 Å². The minimum Gasteiger partial charge on any atom is -0.489 e. The van der Waals surface area contributed by atoms with Gasteiger partial charge in [0.25, 0.3) is 0 Å². The van der Waals surface area contributed by atoms with Crippen LogP contribution in [0.2, 0.25) is 10.0 Å². The molecule has 1 aromatic heterocycles. The van der Waals surface area contributed by atoms with Gasteiger partial charge in [-0.05, 0) is 42.0 Å². The summed E-state index contributed by atoms with van der Waals surface area (Å²) in [7, 11) is 0. The van der Waals surface area contributed by atoms with Crippen LogP contribution in [0.3, 0.4) is 0 Å². The summed E-state index contributed by atoms with van der Waals surface area (Å²) in [5.74, 6) is 1.42. The van der Waals surface area contributed by atoms with Gasteiger partial charge in [-0.1, -0.05) is 53.5 Å². The van der Waals surface area contributed by atoms with Crippen LogP contribution < -0.4 is 10.1 Å². The van der Waals surface area contributed by atoms with Gasteiger partial charge in [0, 0.05) is 0 Å². The summed E-state index contributed by atoms with van der Waals surface area (Å²) in [4.78, 5) is 7.77. The number of fused-ring (bicyclic) bond motifs is 1. The van der Waals surface area contributed by atoms with E-state index >= 15 is 0 Å². The van der Waals surface area contributed by atoms with Gasteiger partial charge in [-0.3, -0.25) is 0 Å². The summed E-state index contributed by atoms with van der Waals surface area (Å²) in [6.45, 7) is 0.484. The topological polar surface area (TPSA) is 49.9 Å². The van der Waals surface area contributed by atoms with Gasteiger partial charge in [-0.15, -0.1) is 0 Å². The third-order valence-electron chi connectivity index (χ3n) is 3.90. The molecule has 0 spiro atoms. The average molecular weight is 384 g/mol. The van der Waals surface area contributed by atoms with Crippen LogP contribution >= 0.6 is 23.2 Å². The van der Waals surface area contributed by atoms with Crippen molar-refractivity contribution in [2.45, 2.75) is 6.61 Å². The summed E-state index contributed by atoms with van der Waals surface area (Å²) < 4.78 is 5.79. The van der Waals surface area contributed by atoms with Crippen molar-refractivity contribution in [3.05, 3.63) is 82.3 Å². The highest BCUT2D eigenvalue weighted by Crippen LogP contribution is 2.32. The number of halogens is 2. The highest BCUT2D eigenvalue weighted by atomic mass is 35.5. The molecule has 0 aliphatic rings. The van der Waals surface area contributed by atoms with Crippen molar-refractivity contribution < 1.29 is 4.74 Å². The van der Waals surface area contributed by atoms with Crippen molar-refractivity contribution >= 4 is 45.9 Å². The fourth-order valence-corrected chi connectivity index (χ4v) is 3.12. The quantitative estimate of drug-likeness (QED) is 0.431. The highest BCUT2D eigenvalue weighted by molar-refractivity contribution is 6.39. The lowest BCUT2D eigenvalue weighted by Gasteiger charge is -2.07. The number of rotatable bonds is 5. The molecule has 0 fully saturated rings. The van der Waals surface area contributed by atoms with Gasteiger partial charge in [-0.2, -0.15) is 0 Å². The molecule has 0 saturated carbocycles. The van der Waals surface area contributed by atoms with Crippen LogP contribution in [0.15, 0.2) is 66.7 Å². The minimum absolute atomic E-state index is 0.484. The van der Waals surface area contributed by atoms with Crippen molar-refractivity contribution in [2.24, 2.45) is 0 Å². The van der Waals surface area contributed by atoms with E-state index in [1.807, 2.05) is 48.5 Å². The molecule has 0 aliphatic carbocycles. The molecule has 0 radical (unpaired) electrons. The van der Waals surface area contributed by atoms with E-state index in [0.717, 1.165) is 22.3 Å². The van der Waals surface area contributed by atoms with Gasteiger partial charge in [0.15, 0.2) is 0 Å². The van der Waals surface area contributed by atoms with E-state index in [1.54, 1.807) is 18.2 Å². The van der Waals surface area contributed by atoms with Crippen LogP contribution in [-0.4, -0.2) is 9.97 Å². The molecule has 2 N–H and O–H groups in total. The van der Waals surface area contributed by atoms with Crippen LogP contribution in [0, 0.1) is 0 Å². The third-order valence-corrected chi connectivity index (χ3v) is 4.53. The molecule has 0 atom stereocenters. The first-order chi connectivity index (χ1) is 12.7. The Labute approximate surface area is 160 Å². The van der Waals surface area contributed by atoms with Crippen LogP contribution in [0.1, 0.15) is 5.56 Å². The second kappa shape index (κ2) is 7.28. The molecule has 4 aromatic rings. The zero-order valence-electron chi connectivity index (χ0n) is 13.7. The van der Waals surface area contributed by atoms with Crippen molar-refractivity contribution in [1.29, 1.82) is 0 Å². The second-order valence-electron chi connectivity index (χ2n) is 5.76. The fourth-order valence-electron chi connectivity index (χ4n) is 2.62. The number of nitrogens with zero attached hydrogens (tertiary/aromatic N) is 1. The Hall–Kier alpha value is -2.69. The molecule has 26 heavy (non-hydrogen) atoms. The van der Waals surface area contributed by atoms with Crippen LogP contribution in [0.25, 0.3) is 11.0 Å². The van der Waals surface area contributed by atoms with E-state index in [9.17, 15) is 0 Å². The second-order valence-corrected chi connectivity index (χ2v) is 6.57. The lowest BCUT2D eigenvalue weighted by molar-refractivity contribution is 0.306. The number of imidazole rings is 1. The molecule has 0 aliphatic heterocycles. The van der Waals surface area contributed by atoms with E-state index < -0.39 is 0 Å². The summed E-state index contributed by atoms with van der Waals surface area (Å²) in [6, 6.07) is 21.0. The molecule has 3 aromatic carbocycles. The number of para-hydroxylation sites is 2. The van der Waals surface area contributed by atoms with Crippen LogP contribution in [0.5, 0.6) is 5.75 Å². The number of benzene rings is 3. The maximum atomic E-state index is 6.20. The van der Waals surface area contributed by atoms with Crippen molar-refractivity contribution in [3.8, 4) is 5.75 Å². The van der Waals surface area contributed by atoms with Crippen molar-refractivity contribution in [2.75, 3.05) is 5.32 Å². The molecule has 6 heteroatoms. The fraction of sp³-hybridized carbons (Fsp3) is 0.0500. The molecule has 0 amide bonds. The summed E-state index contributed by atoms with van der Waals surface area (Å²) in [5.41, 5.74) is 3.43. The number of H-pyrrole nitrogens is 1. The molecular formula is C20H15Cl2N3O. The third kappa shape index (κ3) is 3.62. The Kier molecular flexibility index (Phi) is 4.69. The summed E-state index contributed by atoms with van der Waals surface area (Å²) in [5, 5.41) is 4.22. The van der Waals surface area contributed by atoms with E-state index in [2.05, 4.69) is 15.3 Å². The van der Waals surface area contributed by atoms with Gasteiger partial charge >= 0.3 is 0 Å². The Bertz CT molecular complexity index is 1030. The minimum atomic E-state index is 0.484. The maximum absolute atomic E-state index is 6.20. The Balaban J connectivity index is 1.54. The number of aromatic nitrogens is 2. The molecule has 4 rings (SSSR count). The normalized spacial score (nSPS) is 10.8. The monoisotopic (exact) mass is 383 g/mol. The largest absolute Gasteiger partial charge is 0.489 e. The molecule has 1 heterocycles. The first-order valence-electron chi connectivity index (χ1n) is 8.06. The Morgan fingerprint density at radius 2 is 1.69 bits per heavy atom. The Morgan fingerprint density at radius 3 is 2.46 bits per heavy atom. The first kappa shape index (κ1) is 16.8. The molecule has 0 unspecified atom stereocenters. The Morgan fingerprint density at radius 1 is 0.923 bits per heavy atom. The molecule has 4 nitrogen and oxygen atoms in total. The predicted molar refractivity (Wildman–Crippen MR) is 107 cm³/mol. The lowest BCUT2D eigenvalue weighted by atomic mass is 10.2. The summed E-state index contributed by atoms with van der Waals surface area (Å²) in [6.07, 6.45) is 0. The molecule has 0 bridgehead atoms. The van der Waals surface area contributed by atoms with E-state index in [4.69, 9.17) is 27.9 Å². The van der Waals surface area contributed by atoms with E-state index in [-0.39, 0.29) is 0 Å². The average Bonchev–Trinajstić information content (AvgIpc) is 3.06. The van der Waals surface area contributed by atoms with E-state index in [0.29, 0.717) is 28.3 Å². The van der Waals surface area contributed by atoms with Crippen molar-refractivity contribution in [1.82, 2.24) is 9.97 Å². The van der Waals surface area contributed by atoms with Crippen molar-refractivity contribution in [3.63, 3.8) is 0 Å². The van der Waals surface area contributed by atoms with Crippen LogP contribution in [0.4, 0.5) is 11.6 Å². The highest BCUT2D eigenvalue weighted by Gasteiger charge is 2.09. The van der Waals surface area contributed by atoms with Gasteiger partial charge in [0.1, 0.15) is 12.4 Å². The first-order valence-corrected chi connectivity index (χ1v) is 8.82. The number of nitrogens with one attached hydrogen (secondary N) is 2. The maximum Gasteiger partial charge on any atom is 0.205 e. The smallest absolute Gasteiger partial charge is 0.205 e. The number of aromatic amines is 1. The molecule has 130 valence electrons. The van der Waals surface area contributed by atoms with Gasteiger partial charge in [-0.25, -0.2) is 4.98 Å². The molecular weight excluding hydrogens is 369 g/mol.